The Morgan fingerprint density at radius 3 is 2.00 bits per heavy atom. The highest BCUT2D eigenvalue weighted by molar-refractivity contribution is 7.88. The van der Waals surface area contributed by atoms with E-state index in [1.165, 1.54) is 10.6 Å². The lowest BCUT2D eigenvalue weighted by molar-refractivity contribution is 0.176. The van der Waals surface area contributed by atoms with Crippen LogP contribution in [0.2, 0.25) is 0 Å². The molecule has 0 radical (unpaired) electrons. The third-order valence-electron chi connectivity index (χ3n) is 2.72. The molecule has 0 unspecified atom stereocenters. The average molecular weight is 300 g/mol. The van der Waals surface area contributed by atoms with Crippen LogP contribution in [0.5, 0.6) is 0 Å². The molecule has 0 N–H and O–H groups in total. The smallest absolute Gasteiger partial charge is 0.264 e. The van der Waals surface area contributed by atoms with Gasteiger partial charge in [0.25, 0.3) is 10.1 Å². The highest BCUT2D eigenvalue weighted by atomic mass is 32.2. The second-order valence-electron chi connectivity index (χ2n) is 4.38. The first-order chi connectivity index (χ1) is 8.18. The van der Waals surface area contributed by atoms with Crippen LogP contribution in [0.1, 0.15) is 6.42 Å². The lowest BCUT2D eigenvalue weighted by Gasteiger charge is -2.33. The van der Waals surface area contributed by atoms with Crippen molar-refractivity contribution in [2.45, 2.75) is 6.42 Å². The molecule has 0 saturated carbocycles. The van der Waals surface area contributed by atoms with E-state index in [4.69, 9.17) is 0 Å². The topological polar surface area (TPSA) is 84.0 Å². The Morgan fingerprint density at radius 1 is 1.00 bits per heavy atom. The van der Waals surface area contributed by atoms with Crippen molar-refractivity contribution in [3.8, 4) is 0 Å². The van der Waals surface area contributed by atoms with Crippen LogP contribution in [0.3, 0.4) is 0 Å². The van der Waals surface area contributed by atoms with Gasteiger partial charge in [0.1, 0.15) is 0 Å². The highest BCUT2D eigenvalue weighted by Gasteiger charge is 2.22. The van der Waals surface area contributed by atoms with Gasteiger partial charge in [0, 0.05) is 32.7 Å². The zero-order valence-corrected chi connectivity index (χ0v) is 12.3. The molecule has 7 nitrogen and oxygen atoms in total. The minimum Gasteiger partial charge on any atom is -0.301 e. The summed E-state index contributed by atoms with van der Waals surface area (Å²) in [6.07, 6.45) is 2.85. The van der Waals surface area contributed by atoms with Crippen molar-refractivity contribution in [3.05, 3.63) is 0 Å². The fourth-order valence-electron chi connectivity index (χ4n) is 1.78. The Bertz CT molecular complexity index is 451. The first-order valence-electron chi connectivity index (χ1n) is 5.70. The minimum atomic E-state index is -3.36. The van der Waals surface area contributed by atoms with Gasteiger partial charge in [-0.15, -0.1) is 0 Å². The van der Waals surface area contributed by atoms with Crippen LogP contribution in [0.15, 0.2) is 0 Å². The largest absolute Gasteiger partial charge is 0.301 e. The summed E-state index contributed by atoms with van der Waals surface area (Å²) < 4.78 is 50.1. The number of hydrogen-bond donors (Lipinski definition) is 0. The number of piperazine rings is 1. The molecule has 9 heteroatoms. The molecule has 0 spiro atoms. The predicted molar refractivity (Wildman–Crippen MR) is 68.3 cm³/mol. The Hall–Kier alpha value is -0.220. The lowest BCUT2D eigenvalue weighted by atomic mass is 10.3. The Labute approximate surface area is 109 Å². The molecule has 108 valence electrons. The summed E-state index contributed by atoms with van der Waals surface area (Å²) in [5, 5.41) is 0. The molecule has 1 aliphatic heterocycles. The maximum atomic E-state index is 11.3. The fourth-order valence-corrected chi connectivity index (χ4v) is 3.03. The van der Waals surface area contributed by atoms with Gasteiger partial charge in [-0.25, -0.2) is 8.42 Å². The van der Waals surface area contributed by atoms with Crippen molar-refractivity contribution in [2.24, 2.45) is 0 Å². The molecule has 1 fully saturated rings. The minimum absolute atomic E-state index is 0.172. The van der Waals surface area contributed by atoms with Crippen molar-refractivity contribution in [3.63, 3.8) is 0 Å². The average Bonchev–Trinajstić information content (AvgIpc) is 2.22. The van der Waals surface area contributed by atoms with Crippen LogP contribution in [-0.4, -0.2) is 77.9 Å². The number of sulfonamides is 1. The van der Waals surface area contributed by atoms with E-state index in [0.717, 1.165) is 6.26 Å². The fraction of sp³-hybridized carbons (Fsp3) is 1.00. The van der Waals surface area contributed by atoms with Gasteiger partial charge in [-0.3, -0.25) is 4.18 Å². The van der Waals surface area contributed by atoms with Crippen molar-refractivity contribution in [2.75, 3.05) is 51.8 Å². The Balaban J connectivity index is 2.21. The van der Waals surface area contributed by atoms with E-state index < -0.39 is 20.1 Å². The van der Waals surface area contributed by atoms with E-state index in [1.54, 1.807) is 0 Å². The molecular weight excluding hydrogens is 280 g/mol. The van der Waals surface area contributed by atoms with Gasteiger partial charge in [0.2, 0.25) is 10.0 Å². The monoisotopic (exact) mass is 300 g/mol. The molecular formula is C9H20N2O5S2. The first-order valence-corrected chi connectivity index (χ1v) is 9.37. The number of rotatable bonds is 6. The molecule has 0 bridgehead atoms. The van der Waals surface area contributed by atoms with E-state index in [0.29, 0.717) is 39.1 Å². The van der Waals surface area contributed by atoms with Crippen LogP contribution in [0, 0.1) is 0 Å². The summed E-state index contributed by atoms with van der Waals surface area (Å²) in [6.45, 7) is 3.22. The van der Waals surface area contributed by atoms with Crippen molar-refractivity contribution in [1.82, 2.24) is 9.21 Å². The van der Waals surface area contributed by atoms with Crippen molar-refractivity contribution in [1.29, 1.82) is 0 Å². The van der Waals surface area contributed by atoms with E-state index in [-0.39, 0.29) is 6.61 Å². The predicted octanol–water partition coefficient (Wildman–Crippen LogP) is -1.07. The van der Waals surface area contributed by atoms with Gasteiger partial charge < -0.3 is 4.90 Å². The lowest BCUT2D eigenvalue weighted by Crippen LogP contribution is -2.48. The molecule has 18 heavy (non-hydrogen) atoms. The van der Waals surface area contributed by atoms with Crippen molar-refractivity contribution >= 4 is 20.1 Å². The van der Waals surface area contributed by atoms with E-state index in [2.05, 4.69) is 9.08 Å². The molecule has 0 aromatic heterocycles. The maximum Gasteiger partial charge on any atom is 0.264 e. The second-order valence-corrected chi connectivity index (χ2v) is 8.01. The zero-order chi connectivity index (χ0) is 13.8. The Kier molecular flexibility index (Phi) is 5.53. The molecule has 0 aromatic carbocycles. The maximum absolute atomic E-state index is 11.3. The van der Waals surface area contributed by atoms with Gasteiger partial charge in [-0.1, -0.05) is 0 Å². The molecule has 0 aromatic rings. The summed E-state index contributed by atoms with van der Waals surface area (Å²) >= 11 is 0. The molecule has 1 saturated heterocycles. The SMILES string of the molecule is CS(=O)(=O)OCCCN1CCN(S(C)(=O)=O)CC1. The van der Waals surface area contributed by atoms with Gasteiger partial charge in [-0.05, 0) is 6.42 Å². The third kappa shape index (κ3) is 6.10. The zero-order valence-electron chi connectivity index (χ0n) is 10.7. The van der Waals surface area contributed by atoms with Gasteiger partial charge in [0.15, 0.2) is 0 Å². The normalized spacial score (nSPS) is 20.1. The summed E-state index contributed by atoms with van der Waals surface area (Å²) in [7, 11) is -6.45. The second kappa shape index (κ2) is 6.29. The molecule has 0 amide bonds. The van der Waals surface area contributed by atoms with Crippen LogP contribution < -0.4 is 0 Å². The summed E-state index contributed by atoms with van der Waals surface area (Å²) in [5.74, 6) is 0. The summed E-state index contributed by atoms with van der Waals surface area (Å²) in [6, 6.07) is 0. The Morgan fingerprint density at radius 2 is 1.56 bits per heavy atom. The first kappa shape index (κ1) is 15.8. The molecule has 0 aliphatic carbocycles. The highest BCUT2D eigenvalue weighted by Crippen LogP contribution is 2.06. The summed E-state index contributed by atoms with van der Waals surface area (Å²) in [5.41, 5.74) is 0. The molecule has 1 rings (SSSR count). The van der Waals surface area contributed by atoms with Gasteiger partial charge in [-0.2, -0.15) is 12.7 Å². The van der Waals surface area contributed by atoms with Crippen LogP contribution in [0.4, 0.5) is 0 Å². The van der Waals surface area contributed by atoms with Crippen LogP contribution >= 0.6 is 0 Å². The molecule has 1 heterocycles. The van der Waals surface area contributed by atoms with Crippen LogP contribution in [0.25, 0.3) is 0 Å². The van der Waals surface area contributed by atoms with Gasteiger partial charge in [0.05, 0.1) is 19.1 Å². The standard InChI is InChI=1S/C9H20N2O5S2/c1-17(12,13)11-7-5-10(6-8-11)4-3-9-16-18(2,14)15/h3-9H2,1-2H3. The van der Waals surface area contributed by atoms with Crippen LogP contribution in [-0.2, 0) is 24.3 Å². The van der Waals surface area contributed by atoms with Crippen molar-refractivity contribution < 1.29 is 21.0 Å². The summed E-state index contributed by atoms with van der Waals surface area (Å²) in [4.78, 5) is 2.10. The molecule has 1 aliphatic rings. The van der Waals surface area contributed by atoms with E-state index >= 15 is 0 Å². The van der Waals surface area contributed by atoms with E-state index in [1.807, 2.05) is 0 Å². The number of hydrogen-bond acceptors (Lipinski definition) is 6. The third-order valence-corrected chi connectivity index (χ3v) is 4.61. The van der Waals surface area contributed by atoms with E-state index in [9.17, 15) is 16.8 Å². The number of nitrogens with zero attached hydrogens (tertiary/aromatic N) is 2. The molecule has 0 atom stereocenters. The van der Waals surface area contributed by atoms with Gasteiger partial charge >= 0.3 is 0 Å². The quantitative estimate of drug-likeness (QED) is 0.459.